The number of anilines is 1. The van der Waals surface area contributed by atoms with Crippen molar-refractivity contribution in [1.29, 1.82) is 0 Å². The minimum Gasteiger partial charge on any atom is -0.342 e. The van der Waals surface area contributed by atoms with E-state index in [1.54, 1.807) is 6.20 Å². The minimum atomic E-state index is -0.238. The van der Waals surface area contributed by atoms with Gasteiger partial charge in [-0.1, -0.05) is 12.1 Å². The highest BCUT2D eigenvalue weighted by Gasteiger charge is 2.12. The molecule has 3 rings (SSSR count). The molecule has 20 heavy (non-hydrogen) atoms. The van der Waals surface area contributed by atoms with Crippen LogP contribution in [0.3, 0.4) is 0 Å². The lowest BCUT2D eigenvalue weighted by molar-refractivity contribution is 0.102. The molecule has 0 saturated carbocycles. The second-order valence-electron chi connectivity index (χ2n) is 4.38. The van der Waals surface area contributed by atoms with Crippen LogP contribution in [0, 0.1) is 6.92 Å². The van der Waals surface area contributed by atoms with Gasteiger partial charge in [0.05, 0.1) is 18.2 Å². The fourth-order valence-electron chi connectivity index (χ4n) is 1.92. The van der Waals surface area contributed by atoms with Gasteiger partial charge < -0.3 is 15.3 Å². The largest absolute Gasteiger partial charge is 0.342 e. The van der Waals surface area contributed by atoms with E-state index in [1.807, 2.05) is 31.2 Å². The molecule has 0 atom stereocenters. The van der Waals surface area contributed by atoms with Gasteiger partial charge in [0.2, 0.25) is 0 Å². The van der Waals surface area contributed by atoms with Crippen molar-refractivity contribution in [3.8, 4) is 11.4 Å². The summed E-state index contributed by atoms with van der Waals surface area (Å²) >= 11 is 0. The van der Waals surface area contributed by atoms with Crippen LogP contribution in [0.25, 0.3) is 11.4 Å². The van der Waals surface area contributed by atoms with Crippen LogP contribution < -0.4 is 5.32 Å². The summed E-state index contributed by atoms with van der Waals surface area (Å²) in [5.74, 6) is 0.487. The lowest BCUT2D eigenvalue weighted by Crippen LogP contribution is -2.13. The lowest BCUT2D eigenvalue weighted by Gasteiger charge is -2.08. The monoisotopic (exact) mass is 267 g/mol. The van der Waals surface area contributed by atoms with Crippen LogP contribution >= 0.6 is 0 Å². The van der Waals surface area contributed by atoms with E-state index in [0.717, 1.165) is 17.1 Å². The van der Waals surface area contributed by atoms with E-state index in [1.165, 1.54) is 12.5 Å². The van der Waals surface area contributed by atoms with E-state index < -0.39 is 0 Å². The highest BCUT2D eigenvalue weighted by atomic mass is 16.1. The summed E-state index contributed by atoms with van der Waals surface area (Å²) in [5.41, 5.74) is 2.92. The van der Waals surface area contributed by atoms with Crippen molar-refractivity contribution in [2.24, 2.45) is 0 Å². The SMILES string of the molecule is Cc1cnc(-c2ccccc2NC(=O)c2cnc[nH]2)[nH]1. The Morgan fingerprint density at radius 3 is 2.80 bits per heavy atom. The molecule has 0 saturated heterocycles. The first-order valence-corrected chi connectivity index (χ1v) is 6.15. The van der Waals surface area contributed by atoms with Crippen LogP contribution in [0.5, 0.6) is 0 Å². The third-order valence-corrected chi connectivity index (χ3v) is 2.88. The quantitative estimate of drug-likeness (QED) is 0.680. The fraction of sp³-hybridized carbons (Fsp3) is 0.0714. The lowest BCUT2D eigenvalue weighted by atomic mass is 10.1. The topological polar surface area (TPSA) is 86.5 Å². The fourth-order valence-corrected chi connectivity index (χ4v) is 1.92. The Kier molecular flexibility index (Phi) is 3.04. The van der Waals surface area contributed by atoms with E-state index in [4.69, 9.17) is 0 Å². The number of aromatic amines is 2. The summed E-state index contributed by atoms with van der Waals surface area (Å²) in [4.78, 5) is 26.1. The van der Waals surface area contributed by atoms with Crippen molar-refractivity contribution in [3.05, 3.63) is 54.4 Å². The third kappa shape index (κ3) is 2.31. The first kappa shape index (κ1) is 12.2. The molecular formula is C14H13N5O. The molecule has 2 heterocycles. The number of nitrogens with zero attached hydrogens (tertiary/aromatic N) is 2. The number of para-hydroxylation sites is 1. The Hall–Kier alpha value is -2.89. The van der Waals surface area contributed by atoms with Gasteiger partial charge in [0.1, 0.15) is 11.5 Å². The predicted octanol–water partition coefficient (Wildman–Crippen LogP) is 2.36. The van der Waals surface area contributed by atoms with Gasteiger partial charge in [0.15, 0.2) is 0 Å². The van der Waals surface area contributed by atoms with Gasteiger partial charge in [-0.25, -0.2) is 9.97 Å². The highest BCUT2D eigenvalue weighted by molar-refractivity contribution is 6.04. The Bertz CT molecular complexity index is 730. The van der Waals surface area contributed by atoms with Gasteiger partial charge in [-0.3, -0.25) is 4.79 Å². The van der Waals surface area contributed by atoms with Crippen LogP contribution in [0.15, 0.2) is 43.0 Å². The molecule has 0 fully saturated rings. The molecule has 0 aliphatic carbocycles. The Labute approximate surface area is 115 Å². The molecule has 3 N–H and O–H groups in total. The maximum atomic E-state index is 12.1. The molecule has 0 aliphatic rings. The van der Waals surface area contributed by atoms with Gasteiger partial charge >= 0.3 is 0 Å². The number of hydrogen-bond donors (Lipinski definition) is 3. The number of aromatic nitrogens is 4. The van der Waals surface area contributed by atoms with E-state index in [9.17, 15) is 4.79 Å². The van der Waals surface area contributed by atoms with E-state index in [0.29, 0.717) is 11.4 Å². The predicted molar refractivity (Wildman–Crippen MR) is 75.3 cm³/mol. The summed E-state index contributed by atoms with van der Waals surface area (Å²) in [6.07, 6.45) is 4.70. The van der Waals surface area contributed by atoms with Gasteiger partial charge in [-0.2, -0.15) is 0 Å². The first-order chi connectivity index (χ1) is 9.74. The summed E-state index contributed by atoms with van der Waals surface area (Å²) in [5, 5.41) is 2.85. The van der Waals surface area contributed by atoms with Crippen molar-refractivity contribution in [2.45, 2.75) is 6.92 Å². The molecule has 6 heteroatoms. The Balaban J connectivity index is 1.92. The van der Waals surface area contributed by atoms with Gasteiger partial charge in [0.25, 0.3) is 5.91 Å². The number of H-pyrrole nitrogens is 2. The Morgan fingerprint density at radius 1 is 1.25 bits per heavy atom. The second kappa shape index (κ2) is 5.00. The minimum absolute atomic E-state index is 0.238. The third-order valence-electron chi connectivity index (χ3n) is 2.88. The normalized spacial score (nSPS) is 10.4. The number of aryl methyl sites for hydroxylation is 1. The van der Waals surface area contributed by atoms with Crippen LogP contribution in [0.4, 0.5) is 5.69 Å². The van der Waals surface area contributed by atoms with Gasteiger partial charge in [-0.05, 0) is 19.1 Å². The number of hydrogen-bond acceptors (Lipinski definition) is 3. The summed E-state index contributed by atoms with van der Waals surface area (Å²) < 4.78 is 0. The molecule has 0 spiro atoms. The van der Waals surface area contributed by atoms with Crippen LogP contribution in [0.1, 0.15) is 16.2 Å². The number of benzene rings is 1. The number of imidazole rings is 2. The molecule has 3 aromatic rings. The Morgan fingerprint density at radius 2 is 2.10 bits per heavy atom. The molecule has 100 valence electrons. The van der Waals surface area contributed by atoms with Crippen LogP contribution in [0.2, 0.25) is 0 Å². The molecule has 1 aromatic carbocycles. The molecule has 0 unspecified atom stereocenters. The van der Waals surface area contributed by atoms with Crippen molar-refractivity contribution in [1.82, 2.24) is 19.9 Å². The molecule has 0 bridgehead atoms. The highest BCUT2D eigenvalue weighted by Crippen LogP contribution is 2.25. The summed E-state index contributed by atoms with van der Waals surface area (Å²) in [6.45, 7) is 1.93. The van der Waals surface area contributed by atoms with Crippen molar-refractivity contribution >= 4 is 11.6 Å². The van der Waals surface area contributed by atoms with E-state index in [-0.39, 0.29) is 5.91 Å². The summed E-state index contributed by atoms with van der Waals surface area (Å²) in [6, 6.07) is 7.50. The number of carbonyl (C=O) groups is 1. The van der Waals surface area contributed by atoms with Crippen molar-refractivity contribution in [2.75, 3.05) is 5.32 Å². The maximum Gasteiger partial charge on any atom is 0.273 e. The zero-order chi connectivity index (χ0) is 13.9. The van der Waals surface area contributed by atoms with Gasteiger partial charge in [-0.15, -0.1) is 0 Å². The van der Waals surface area contributed by atoms with Gasteiger partial charge in [0, 0.05) is 17.5 Å². The average Bonchev–Trinajstić information content (AvgIpc) is 3.10. The molecular weight excluding hydrogens is 254 g/mol. The van der Waals surface area contributed by atoms with Crippen LogP contribution in [-0.4, -0.2) is 25.8 Å². The molecule has 2 aromatic heterocycles. The first-order valence-electron chi connectivity index (χ1n) is 6.15. The van der Waals surface area contributed by atoms with E-state index >= 15 is 0 Å². The second-order valence-corrected chi connectivity index (χ2v) is 4.38. The molecule has 0 aliphatic heterocycles. The number of nitrogens with one attached hydrogen (secondary N) is 3. The molecule has 1 amide bonds. The zero-order valence-electron chi connectivity index (χ0n) is 10.8. The maximum absolute atomic E-state index is 12.1. The number of carbonyl (C=O) groups excluding carboxylic acids is 1. The van der Waals surface area contributed by atoms with E-state index in [2.05, 4.69) is 25.3 Å². The standard InChI is InChI=1S/C14H13N5O/c1-9-6-16-13(18-9)10-4-2-3-5-11(10)19-14(20)12-7-15-8-17-12/h2-8H,1H3,(H,15,17)(H,16,18)(H,19,20). The van der Waals surface area contributed by atoms with Crippen molar-refractivity contribution < 1.29 is 4.79 Å². The summed E-state index contributed by atoms with van der Waals surface area (Å²) in [7, 11) is 0. The van der Waals surface area contributed by atoms with Crippen molar-refractivity contribution in [3.63, 3.8) is 0 Å². The number of amides is 1. The zero-order valence-corrected chi connectivity index (χ0v) is 10.8. The smallest absolute Gasteiger partial charge is 0.273 e. The average molecular weight is 267 g/mol. The molecule has 6 nitrogen and oxygen atoms in total. The number of rotatable bonds is 3. The molecule has 0 radical (unpaired) electrons. The van der Waals surface area contributed by atoms with Crippen LogP contribution in [-0.2, 0) is 0 Å².